The third-order valence-corrected chi connectivity index (χ3v) is 3.93. The molecule has 0 bridgehead atoms. The molecule has 1 heterocycles. The molecule has 0 amide bonds. The zero-order valence-corrected chi connectivity index (χ0v) is 11.9. The van der Waals surface area contributed by atoms with Gasteiger partial charge in [-0.25, -0.2) is 0 Å². The average molecular weight is 264 g/mol. The van der Waals surface area contributed by atoms with Crippen LogP contribution in [0.5, 0.6) is 0 Å². The Morgan fingerprint density at radius 2 is 1.85 bits per heavy atom. The van der Waals surface area contributed by atoms with Gasteiger partial charge in [-0.1, -0.05) is 61.4 Å². The van der Waals surface area contributed by atoms with Crippen molar-refractivity contribution in [2.75, 3.05) is 0 Å². The Morgan fingerprint density at radius 3 is 2.55 bits per heavy atom. The number of rotatable bonds is 5. The van der Waals surface area contributed by atoms with Gasteiger partial charge in [-0.15, -0.1) is 0 Å². The van der Waals surface area contributed by atoms with Crippen LogP contribution >= 0.6 is 0 Å². The standard InChI is InChI=1S/C19H20O/c1-2-7-15-11-12-18(16-8-4-3-5-9-16)19(15)14-17-10-6-13-20-17/h3-6,8-13,19H,2,7,14H2,1H3. The van der Waals surface area contributed by atoms with Gasteiger partial charge >= 0.3 is 0 Å². The molecule has 1 heteroatoms. The lowest BCUT2D eigenvalue weighted by atomic mass is 9.85. The largest absolute Gasteiger partial charge is 0.469 e. The second-order valence-electron chi connectivity index (χ2n) is 5.32. The molecule has 102 valence electrons. The van der Waals surface area contributed by atoms with E-state index < -0.39 is 0 Å². The van der Waals surface area contributed by atoms with Crippen LogP contribution in [-0.2, 0) is 6.42 Å². The predicted octanol–water partition coefficient (Wildman–Crippen LogP) is 5.26. The normalized spacial score (nSPS) is 17.9. The summed E-state index contributed by atoms with van der Waals surface area (Å²) in [6, 6.07) is 14.7. The van der Waals surface area contributed by atoms with Gasteiger partial charge in [0.1, 0.15) is 5.76 Å². The number of hydrogen-bond donors (Lipinski definition) is 0. The van der Waals surface area contributed by atoms with E-state index in [1.807, 2.05) is 6.07 Å². The molecule has 1 atom stereocenters. The van der Waals surface area contributed by atoms with Crippen molar-refractivity contribution in [3.05, 3.63) is 77.8 Å². The van der Waals surface area contributed by atoms with Gasteiger partial charge in [0.15, 0.2) is 0 Å². The van der Waals surface area contributed by atoms with E-state index in [4.69, 9.17) is 4.42 Å². The zero-order chi connectivity index (χ0) is 13.8. The Balaban J connectivity index is 1.87. The Hall–Kier alpha value is -2.02. The van der Waals surface area contributed by atoms with Gasteiger partial charge < -0.3 is 4.42 Å². The molecule has 2 aromatic rings. The Labute approximate surface area is 120 Å². The van der Waals surface area contributed by atoms with E-state index in [1.54, 1.807) is 6.26 Å². The van der Waals surface area contributed by atoms with E-state index in [0.717, 1.165) is 18.6 Å². The number of furan rings is 1. The molecule has 1 aliphatic rings. The fourth-order valence-electron chi connectivity index (χ4n) is 2.97. The molecule has 1 aromatic carbocycles. The monoisotopic (exact) mass is 264 g/mol. The first-order chi connectivity index (χ1) is 9.88. The Morgan fingerprint density at radius 1 is 1.00 bits per heavy atom. The summed E-state index contributed by atoms with van der Waals surface area (Å²) >= 11 is 0. The predicted molar refractivity (Wildman–Crippen MR) is 83.3 cm³/mol. The summed E-state index contributed by atoms with van der Waals surface area (Å²) in [6.07, 6.45) is 9.67. The highest BCUT2D eigenvalue weighted by Gasteiger charge is 2.24. The van der Waals surface area contributed by atoms with E-state index in [1.165, 1.54) is 23.1 Å². The summed E-state index contributed by atoms with van der Waals surface area (Å²) in [6.45, 7) is 2.24. The summed E-state index contributed by atoms with van der Waals surface area (Å²) in [5.41, 5.74) is 4.28. The Kier molecular flexibility index (Phi) is 3.87. The lowest BCUT2D eigenvalue weighted by molar-refractivity contribution is 0.491. The summed E-state index contributed by atoms with van der Waals surface area (Å²) in [5, 5.41) is 0. The van der Waals surface area contributed by atoms with E-state index >= 15 is 0 Å². The summed E-state index contributed by atoms with van der Waals surface area (Å²) in [7, 11) is 0. The highest BCUT2D eigenvalue weighted by Crippen LogP contribution is 2.38. The fourth-order valence-corrected chi connectivity index (χ4v) is 2.97. The highest BCUT2D eigenvalue weighted by molar-refractivity contribution is 5.74. The van der Waals surface area contributed by atoms with Crippen LogP contribution in [0.1, 0.15) is 31.1 Å². The van der Waals surface area contributed by atoms with Crippen LogP contribution in [-0.4, -0.2) is 0 Å². The van der Waals surface area contributed by atoms with Crippen molar-refractivity contribution in [1.29, 1.82) is 0 Å². The summed E-state index contributed by atoms with van der Waals surface area (Å²) in [4.78, 5) is 0. The molecule has 3 rings (SSSR count). The van der Waals surface area contributed by atoms with Crippen molar-refractivity contribution in [2.45, 2.75) is 26.2 Å². The van der Waals surface area contributed by atoms with Crippen molar-refractivity contribution in [3.63, 3.8) is 0 Å². The molecule has 0 spiro atoms. The van der Waals surface area contributed by atoms with E-state index in [-0.39, 0.29) is 0 Å². The van der Waals surface area contributed by atoms with Crippen LogP contribution in [0.25, 0.3) is 5.57 Å². The third kappa shape index (κ3) is 2.62. The van der Waals surface area contributed by atoms with Gasteiger partial charge in [0, 0.05) is 12.3 Å². The minimum Gasteiger partial charge on any atom is -0.469 e. The second-order valence-corrected chi connectivity index (χ2v) is 5.32. The van der Waals surface area contributed by atoms with Crippen LogP contribution in [0.15, 0.2) is 70.9 Å². The lowest BCUT2D eigenvalue weighted by Gasteiger charge is -2.18. The summed E-state index contributed by atoms with van der Waals surface area (Å²) in [5.74, 6) is 1.53. The van der Waals surface area contributed by atoms with Crippen LogP contribution < -0.4 is 0 Å². The third-order valence-electron chi connectivity index (χ3n) is 3.93. The van der Waals surface area contributed by atoms with Crippen LogP contribution in [0.4, 0.5) is 0 Å². The molecular weight excluding hydrogens is 244 g/mol. The molecule has 1 aromatic heterocycles. The maximum absolute atomic E-state index is 5.55. The van der Waals surface area contributed by atoms with Gasteiger partial charge in [0.05, 0.1) is 6.26 Å². The summed E-state index contributed by atoms with van der Waals surface area (Å²) < 4.78 is 5.55. The highest BCUT2D eigenvalue weighted by atomic mass is 16.3. The maximum Gasteiger partial charge on any atom is 0.104 e. The van der Waals surface area contributed by atoms with Gasteiger partial charge in [-0.2, -0.15) is 0 Å². The minimum absolute atomic E-state index is 0.462. The molecular formula is C19H20O. The zero-order valence-electron chi connectivity index (χ0n) is 11.9. The SMILES string of the molecule is CCCC1=CC=C(c2ccccc2)C1Cc1ccco1. The molecule has 0 saturated heterocycles. The molecule has 0 radical (unpaired) electrons. The molecule has 1 aliphatic carbocycles. The van der Waals surface area contributed by atoms with Crippen LogP contribution in [0.2, 0.25) is 0 Å². The van der Waals surface area contributed by atoms with Gasteiger partial charge in [-0.05, 0) is 29.7 Å². The van der Waals surface area contributed by atoms with E-state index in [0.29, 0.717) is 5.92 Å². The van der Waals surface area contributed by atoms with Gasteiger partial charge in [0.25, 0.3) is 0 Å². The van der Waals surface area contributed by atoms with E-state index in [2.05, 4.69) is 55.5 Å². The molecule has 0 saturated carbocycles. The first-order valence-electron chi connectivity index (χ1n) is 7.37. The molecule has 1 unspecified atom stereocenters. The van der Waals surface area contributed by atoms with Crippen molar-refractivity contribution < 1.29 is 4.42 Å². The topological polar surface area (TPSA) is 13.1 Å². The molecule has 1 nitrogen and oxygen atoms in total. The van der Waals surface area contributed by atoms with Crippen molar-refractivity contribution in [3.8, 4) is 0 Å². The fraction of sp³-hybridized carbons (Fsp3) is 0.263. The number of benzene rings is 1. The first kappa shape index (κ1) is 13.0. The quantitative estimate of drug-likeness (QED) is 0.717. The van der Waals surface area contributed by atoms with Gasteiger partial charge in [0.2, 0.25) is 0 Å². The number of hydrogen-bond acceptors (Lipinski definition) is 1. The van der Waals surface area contributed by atoms with Gasteiger partial charge in [-0.3, -0.25) is 0 Å². The Bertz CT molecular complexity index is 602. The van der Waals surface area contributed by atoms with Crippen LogP contribution in [0, 0.1) is 5.92 Å². The van der Waals surface area contributed by atoms with E-state index in [9.17, 15) is 0 Å². The molecule has 0 aliphatic heterocycles. The smallest absolute Gasteiger partial charge is 0.104 e. The number of allylic oxidation sites excluding steroid dienone is 4. The molecule has 0 N–H and O–H groups in total. The van der Waals surface area contributed by atoms with Crippen molar-refractivity contribution >= 4 is 5.57 Å². The maximum atomic E-state index is 5.55. The molecule has 0 fully saturated rings. The van der Waals surface area contributed by atoms with Crippen LogP contribution in [0.3, 0.4) is 0 Å². The minimum atomic E-state index is 0.462. The van der Waals surface area contributed by atoms with Crippen molar-refractivity contribution in [1.82, 2.24) is 0 Å². The second kappa shape index (κ2) is 5.96. The molecule has 20 heavy (non-hydrogen) atoms. The lowest BCUT2D eigenvalue weighted by Crippen LogP contribution is -2.07. The first-order valence-corrected chi connectivity index (χ1v) is 7.37. The average Bonchev–Trinajstić information content (AvgIpc) is 3.12. The van der Waals surface area contributed by atoms with Crippen molar-refractivity contribution in [2.24, 2.45) is 5.92 Å².